The Morgan fingerprint density at radius 2 is 1.76 bits per heavy atom. The number of alkyl halides is 1. The molecule has 1 aliphatic rings. The van der Waals surface area contributed by atoms with Gasteiger partial charge in [0.05, 0.1) is 18.0 Å². The summed E-state index contributed by atoms with van der Waals surface area (Å²) in [5.41, 5.74) is -0.917. The Morgan fingerprint density at radius 3 is 2.29 bits per heavy atom. The first-order chi connectivity index (χ1) is 7.97. The molecule has 0 saturated heterocycles. The largest absolute Gasteiger partial charge is 0.389 e. The van der Waals surface area contributed by atoms with Crippen LogP contribution in [-0.2, 0) is 10.0 Å². The minimum absolute atomic E-state index is 0.00770. The zero-order chi connectivity index (χ0) is 12.8. The lowest BCUT2D eigenvalue weighted by Crippen LogP contribution is -2.43. The second-order valence-electron chi connectivity index (χ2n) is 4.82. The number of sulfonamides is 1. The molecule has 1 saturated carbocycles. The van der Waals surface area contributed by atoms with Crippen molar-refractivity contribution in [2.75, 3.05) is 19.0 Å². The van der Waals surface area contributed by atoms with Gasteiger partial charge in [0.1, 0.15) is 0 Å². The molecule has 4 nitrogen and oxygen atoms in total. The molecule has 0 aliphatic heterocycles. The van der Waals surface area contributed by atoms with Gasteiger partial charge >= 0.3 is 0 Å². The van der Waals surface area contributed by atoms with Crippen molar-refractivity contribution in [1.29, 1.82) is 0 Å². The van der Waals surface area contributed by atoms with Crippen LogP contribution >= 0.6 is 0 Å². The third-order valence-corrected chi connectivity index (χ3v) is 4.61. The summed E-state index contributed by atoms with van der Waals surface area (Å²) in [5.74, 6) is -0.209. The molecule has 0 spiro atoms. The molecule has 0 radical (unpaired) electrons. The van der Waals surface area contributed by atoms with Crippen molar-refractivity contribution in [3.8, 4) is 0 Å². The lowest BCUT2D eigenvalue weighted by molar-refractivity contribution is 0.0303. The minimum Gasteiger partial charge on any atom is -0.389 e. The lowest BCUT2D eigenvalue weighted by atomic mass is 9.95. The number of rotatable bonds is 6. The molecule has 0 aromatic rings. The SMILES string of the molecule is O=S(=O)(CCCF)NCC1(O)CCCCCC1. The van der Waals surface area contributed by atoms with Crippen LogP contribution in [0.15, 0.2) is 0 Å². The van der Waals surface area contributed by atoms with E-state index in [0.717, 1.165) is 25.7 Å². The maximum atomic E-state index is 11.9. The Hall–Kier alpha value is -0.200. The number of aliphatic hydroxyl groups is 1. The van der Waals surface area contributed by atoms with Crippen LogP contribution in [0.1, 0.15) is 44.9 Å². The van der Waals surface area contributed by atoms with Gasteiger partial charge in [0, 0.05) is 6.54 Å². The highest BCUT2D eigenvalue weighted by Crippen LogP contribution is 2.26. The molecule has 1 aliphatic carbocycles. The molecular weight excluding hydrogens is 245 g/mol. The fourth-order valence-corrected chi connectivity index (χ4v) is 3.25. The Balaban J connectivity index is 2.42. The summed E-state index contributed by atoms with van der Waals surface area (Å²) >= 11 is 0. The standard InChI is InChI=1S/C11H22FNO3S/c12-8-5-9-17(15,16)13-10-11(14)6-3-1-2-4-7-11/h13-14H,1-10H2. The van der Waals surface area contributed by atoms with Crippen LogP contribution in [0.3, 0.4) is 0 Å². The molecule has 2 N–H and O–H groups in total. The van der Waals surface area contributed by atoms with Crippen molar-refractivity contribution < 1.29 is 17.9 Å². The summed E-state index contributed by atoms with van der Waals surface area (Å²) in [4.78, 5) is 0. The highest BCUT2D eigenvalue weighted by atomic mass is 32.2. The van der Waals surface area contributed by atoms with Crippen molar-refractivity contribution in [3.63, 3.8) is 0 Å². The average Bonchev–Trinajstić information content (AvgIpc) is 2.50. The molecule has 6 heteroatoms. The first kappa shape index (κ1) is 14.9. The van der Waals surface area contributed by atoms with Gasteiger partial charge < -0.3 is 5.11 Å². The van der Waals surface area contributed by atoms with Gasteiger partial charge in [-0.05, 0) is 19.3 Å². The molecular formula is C11H22FNO3S. The van der Waals surface area contributed by atoms with Gasteiger partial charge in [-0.15, -0.1) is 0 Å². The average molecular weight is 267 g/mol. The molecule has 0 amide bonds. The molecule has 0 atom stereocenters. The quantitative estimate of drug-likeness (QED) is 0.714. The summed E-state index contributed by atoms with van der Waals surface area (Å²) in [7, 11) is -3.44. The maximum absolute atomic E-state index is 11.9. The molecule has 1 rings (SSSR count). The number of halogens is 1. The fraction of sp³-hybridized carbons (Fsp3) is 1.00. The van der Waals surface area contributed by atoms with Crippen molar-refractivity contribution in [2.45, 2.75) is 50.5 Å². The van der Waals surface area contributed by atoms with Gasteiger partial charge in [-0.3, -0.25) is 4.39 Å². The molecule has 17 heavy (non-hydrogen) atoms. The van der Waals surface area contributed by atoms with E-state index < -0.39 is 22.3 Å². The monoisotopic (exact) mass is 267 g/mol. The molecule has 0 heterocycles. The molecule has 102 valence electrons. The van der Waals surface area contributed by atoms with Crippen molar-refractivity contribution >= 4 is 10.0 Å². The van der Waals surface area contributed by atoms with Crippen LogP contribution in [0.25, 0.3) is 0 Å². The first-order valence-corrected chi connectivity index (χ1v) is 7.88. The molecule has 0 unspecified atom stereocenters. The van der Waals surface area contributed by atoms with E-state index in [-0.39, 0.29) is 18.7 Å². The highest BCUT2D eigenvalue weighted by molar-refractivity contribution is 7.89. The van der Waals surface area contributed by atoms with Gasteiger partial charge in [0.2, 0.25) is 10.0 Å². The minimum atomic E-state index is -3.44. The fourth-order valence-electron chi connectivity index (χ4n) is 2.12. The van der Waals surface area contributed by atoms with E-state index in [1.807, 2.05) is 0 Å². The van der Waals surface area contributed by atoms with Crippen LogP contribution < -0.4 is 4.72 Å². The Morgan fingerprint density at radius 1 is 1.18 bits per heavy atom. The van der Waals surface area contributed by atoms with Gasteiger partial charge in [-0.25, -0.2) is 13.1 Å². The molecule has 0 aromatic carbocycles. The van der Waals surface area contributed by atoms with Gasteiger partial charge in [-0.1, -0.05) is 25.7 Å². The van der Waals surface area contributed by atoms with E-state index in [1.54, 1.807) is 0 Å². The van der Waals surface area contributed by atoms with Gasteiger partial charge in [0.25, 0.3) is 0 Å². The van der Waals surface area contributed by atoms with Crippen molar-refractivity contribution in [1.82, 2.24) is 4.72 Å². The number of nitrogens with one attached hydrogen (secondary N) is 1. The summed E-state index contributed by atoms with van der Waals surface area (Å²) in [6, 6.07) is 0. The summed E-state index contributed by atoms with van der Waals surface area (Å²) < 4.78 is 37.2. The van der Waals surface area contributed by atoms with Crippen LogP contribution in [-0.4, -0.2) is 38.1 Å². The second kappa shape index (κ2) is 6.66. The third-order valence-electron chi connectivity index (χ3n) is 3.20. The summed E-state index contributed by atoms with van der Waals surface area (Å²) in [6.07, 6.45) is 5.34. The first-order valence-electron chi connectivity index (χ1n) is 6.23. The van der Waals surface area contributed by atoms with Gasteiger partial charge in [-0.2, -0.15) is 0 Å². The third kappa shape index (κ3) is 5.79. The van der Waals surface area contributed by atoms with E-state index in [1.165, 1.54) is 0 Å². The van der Waals surface area contributed by atoms with Crippen LogP contribution in [0.2, 0.25) is 0 Å². The van der Waals surface area contributed by atoms with Crippen molar-refractivity contribution in [2.24, 2.45) is 0 Å². The second-order valence-corrected chi connectivity index (χ2v) is 6.75. The lowest BCUT2D eigenvalue weighted by Gasteiger charge is -2.26. The zero-order valence-electron chi connectivity index (χ0n) is 10.1. The predicted molar refractivity (Wildman–Crippen MR) is 65.0 cm³/mol. The molecule has 0 bridgehead atoms. The molecule has 1 fully saturated rings. The summed E-state index contributed by atoms with van der Waals surface area (Å²) in [6.45, 7) is -0.577. The van der Waals surface area contributed by atoms with E-state index in [9.17, 15) is 17.9 Å². The van der Waals surface area contributed by atoms with Crippen LogP contribution in [0.5, 0.6) is 0 Å². The predicted octanol–water partition coefficient (Wildman–Crippen LogP) is 1.35. The Kier molecular flexibility index (Phi) is 5.82. The van der Waals surface area contributed by atoms with Crippen molar-refractivity contribution in [3.05, 3.63) is 0 Å². The highest BCUT2D eigenvalue weighted by Gasteiger charge is 2.29. The van der Waals surface area contributed by atoms with E-state index in [0.29, 0.717) is 12.8 Å². The van der Waals surface area contributed by atoms with E-state index >= 15 is 0 Å². The van der Waals surface area contributed by atoms with E-state index in [4.69, 9.17) is 0 Å². The number of hydrogen-bond acceptors (Lipinski definition) is 3. The van der Waals surface area contributed by atoms with Gasteiger partial charge in [0.15, 0.2) is 0 Å². The Labute approximate surface area is 103 Å². The smallest absolute Gasteiger partial charge is 0.211 e. The van der Waals surface area contributed by atoms with Crippen LogP contribution in [0, 0.1) is 0 Å². The number of hydrogen-bond donors (Lipinski definition) is 2. The topological polar surface area (TPSA) is 66.4 Å². The normalized spacial score (nSPS) is 21.1. The summed E-state index contributed by atoms with van der Waals surface area (Å²) in [5, 5.41) is 10.2. The van der Waals surface area contributed by atoms with Crippen LogP contribution in [0.4, 0.5) is 4.39 Å². The maximum Gasteiger partial charge on any atom is 0.211 e. The molecule has 0 aromatic heterocycles. The Bertz CT molecular complexity index is 311. The zero-order valence-corrected chi connectivity index (χ0v) is 10.9. The van der Waals surface area contributed by atoms with E-state index in [2.05, 4.69) is 4.72 Å².